The molecule has 0 radical (unpaired) electrons. The zero-order valence-corrected chi connectivity index (χ0v) is 8.96. The van der Waals surface area contributed by atoms with Crippen LogP contribution in [0.4, 0.5) is 5.69 Å². The minimum absolute atomic E-state index is 0.510. The molecule has 0 spiro atoms. The van der Waals surface area contributed by atoms with Crippen molar-refractivity contribution in [3.63, 3.8) is 0 Å². The highest BCUT2D eigenvalue weighted by Crippen LogP contribution is 2.24. The first-order valence-corrected chi connectivity index (χ1v) is 4.74. The molecule has 1 rings (SSSR count). The Balaban J connectivity index is 2.67. The molecule has 0 heterocycles. The Morgan fingerprint density at radius 3 is 2.79 bits per heavy atom. The Kier molecular flexibility index (Phi) is 4.26. The lowest BCUT2D eigenvalue weighted by Gasteiger charge is -2.11. The molecule has 0 aliphatic rings. The van der Waals surface area contributed by atoms with Crippen LogP contribution in [0.15, 0.2) is 18.2 Å². The van der Waals surface area contributed by atoms with Gasteiger partial charge in [0, 0.05) is 6.61 Å². The maximum Gasteiger partial charge on any atom is 0.142 e. The van der Waals surface area contributed by atoms with Gasteiger partial charge in [-0.1, -0.05) is 6.07 Å². The number of anilines is 1. The topological polar surface area (TPSA) is 30.5 Å². The molecule has 0 aliphatic heterocycles. The minimum atomic E-state index is 0.510. The summed E-state index contributed by atoms with van der Waals surface area (Å²) in [7, 11) is 1.66. The van der Waals surface area contributed by atoms with Crippen LogP contribution in [0.5, 0.6) is 5.75 Å². The third-order valence-corrected chi connectivity index (χ3v) is 1.92. The van der Waals surface area contributed by atoms with Crippen molar-refractivity contribution < 1.29 is 9.47 Å². The van der Waals surface area contributed by atoms with Gasteiger partial charge in [-0.05, 0) is 31.5 Å². The van der Waals surface area contributed by atoms with E-state index in [9.17, 15) is 0 Å². The second-order valence-electron chi connectivity index (χ2n) is 3.02. The van der Waals surface area contributed by atoms with Crippen LogP contribution in [0.3, 0.4) is 0 Å². The van der Waals surface area contributed by atoms with Crippen LogP contribution in [-0.4, -0.2) is 20.4 Å². The lowest BCUT2D eigenvalue weighted by molar-refractivity contribution is 0.166. The molecule has 0 atom stereocenters. The van der Waals surface area contributed by atoms with Crippen molar-refractivity contribution in [2.75, 3.05) is 25.8 Å². The lowest BCUT2D eigenvalue weighted by atomic mass is 10.2. The van der Waals surface area contributed by atoms with Crippen LogP contribution in [0, 0.1) is 6.92 Å². The van der Waals surface area contributed by atoms with Crippen LogP contribution in [0.25, 0.3) is 0 Å². The molecule has 0 fully saturated rings. The molecule has 0 aromatic heterocycles. The summed E-state index contributed by atoms with van der Waals surface area (Å²) in [6.45, 7) is 5.23. The van der Waals surface area contributed by atoms with Gasteiger partial charge in [-0.25, -0.2) is 0 Å². The second kappa shape index (κ2) is 5.50. The summed E-state index contributed by atoms with van der Waals surface area (Å²) in [5.41, 5.74) is 2.17. The molecular weight excluding hydrogens is 178 g/mol. The molecule has 0 aliphatic carbocycles. The Bertz CT molecular complexity index is 287. The Hall–Kier alpha value is -1.22. The number of methoxy groups -OCH3 is 1. The standard InChI is InChI=1S/C11H17NO2/c1-4-14-8-12-10-7-9(2)5-6-11(10)13-3/h5-7,12H,4,8H2,1-3H3. The third kappa shape index (κ3) is 2.92. The molecule has 0 unspecified atom stereocenters. The molecule has 1 N–H and O–H groups in total. The van der Waals surface area contributed by atoms with Crippen molar-refractivity contribution in [3.05, 3.63) is 23.8 Å². The highest BCUT2D eigenvalue weighted by atomic mass is 16.5. The van der Waals surface area contributed by atoms with Gasteiger partial charge in [0.15, 0.2) is 0 Å². The van der Waals surface area contributed by atoms with Crippen LogP contribution < -0.4 is 10.1 Å². The summed E-state index contributed by atoms with van der Waals surface area (Å²) in [6.07, 6.45) is 0. The molecule has 1 aromatic carbocycles. The van der Waals surface area contributed by atoms with Gasteiger partial charge in [0.05, 0.1) is 12.8 Å². The zero-order valence-electron chi connectivity index (χ0n) is 8.96. The second-order valence-corrected chi connectivity index (χ2v) is 3.02. The van der Waals surface area contributed by atoms with E-state index in [4.69, 9.17) is 9.47 Å². The molecule has 0 amide bonds. The van der Waals surface area contributed by atoms with Gasteiger partial charge in [0.2, 0.25) is 0 Å². The average molecular weight is 195 g/mol. The normalized spacial score (nSPS) is 9.93. The molecule has 3 heteroatoms. The molecule has 0 saturated heterocycles. The maximum atomic E-state index is 5.21. The molecule has 3 nitrogen and oxygen atoms in total. The summed E-state index contributed by atoms with van der Waals surface area (Å²) >= 11 is 0. The summed E-state index contributed by atoms with van der Waals surface area (Å²) in [5.74, 6) is 0.843. The van der Waals surface area contributed by atoms with Crippen LogP contribution >= 0.6 is 0 Å². The number of hydrogen-bond donors (Lipinski definition) is 1. The Labute approximate surface area is 85.0 Å². The lowest BCUT2D eigenvalue weighted by Crippen LogP contribution is -2.06. The summed E-state index contributed by atoms with van der Waals surface area (Å²) in [4.78, 5) is 0. The van der Waals surface area contributed by atoms with E-state index < -0.39 is 0 Å². The molecular formula is C11H17NO2. The van der Waals surface area contributed by atoms with Crippen LogP contribution in [-0.2, 0) is 4.74 Å². The van der Waals surface area contributed by atoms with E-state index in [1.807, 2.05) is 32.0 Å². The van der Waals surface area contributed by atoms with Gasteiger partial charge in [-0.2, -0.15) is 0 Å². The summed E-state index contributed by atoms with van der Waals surface area (Å²) in [5, 5.41) is 3.16. The quantitative estimate of drug-likeness (QED) is 0.578. The van der Waals surface area contributed by atoms with E-state index in [2.05, 4.69) is 5.32 Å². The van der Waals surface area contributed by atoms with E-state index in [0.29, 0.717) is 13.3 Å². The summed E-state index contributed by atoms with van der Waals surface area (Å²) in [6, 6.07) is 6.01. The zero-order chi connectivity index (χ0) is 10.4. The average Bonchev–Trinajstić information content (AvgIpc) is 2.19. The highest BCUT2D eigenvalue weighted by Gasteiger charge is 2.01. The van der Waals surface area contributed by atoms with E-state index >= 15 is 0 Å². The van der Waals surface area contributed by atoms with Gasteiger partial charge < -0.3 is 14.8 Å². The number of rotatable bonds is 5. The third-order valence-electron chi connectivity index (χ3n) is 1.92. The van der Waals surface area contributed by atoms with E-state index in [-0.39, 0.29) is 0 Å². The van der Waals surface area contributed by atoms with E-state index in [0.717, 1.165) is 11.4 Å². The fraction of sp³-hybridized carbons (Fsp3) is 0.455. The van der Waals surface area contributed by atoms with Crippen molar-refractivity contribution >= 4 is 5.69 Å². The molecule has 1 aromatic rings. The first-order chi connectivity index (χ1) is 6.77. The first kappa shape index (κ1) is 10.9. The Morgan fingerprint density at radius 1 is 1.36 bits per heavy atom. The maximum absolute atomic E-state index is 5.21. The van der Waals surface area contributed by atoms with Crippen LogP contribution in [0.2, 0.25) is 0 Å². The van der Waals surface area contributed by atoms with Crippen molar-refractivity contribution in [3.8, 4) is 5.75 Å². The summed E-state index contributed by atoms with van der Waals surface area (Å²) < 4.78 is 10.4. The van der Waals surface area contributed by atoms with Crippen LogP contribution in [0.1, 0.15) is 12.5 Å². The predicted octanol–water partition coefficient (Wildman–Crippen LogP) is 2.41. The number of benzene rings is 1. The fourth-order valence-corrected chi connectivity index (χ4v) is 1.19. The number of nitrogens with one attached hydrogen (secondary N) is 1. The number of aryl methyl sites for hydroxylation is 1. The predicted molar refractivity (Wildman–Crippen MR) is 57.8 cm³/mol. The smallest absolute Gasteiger partial charge is 0.142 e. The van der Waals surface area contributed by atoms with E-state index in [1.165, 1.54) is 5.56 Å². The van der Waals surface area contributed by atoms with Crippen molar-refractivity contribution in [2.24, 2.45) is 0 Å². The molecule has 78 valence electrons. The highest BCUT2D eigenvalue weighted by molar-refractivity contribution is 5.57. The number of hydrogen-bond acceptors (Lipinski definition) is 3. The number of ether oxygens (including phenoxy) is 2. The largest absolute Gasteiger partial charge is 0.495 e. The van der Waals surface area contributed by atoms with Gasteiger partial charge >= 0.3 is 0 Å². The van der Waals surface area contributed by atoms with Gasteiger partial charge in [0.25, 0.3) is 0 Å². The van der Waals surface area contributed by atoms with Crippen molar-refractivity contribution in [1.82, 2.24) is 0 Å². The molecule has 14 heavy (non-hydrogen) atoms. The van der Waals surface area contributed by atoms with Crippen molar-refractivity contribution in [1.29, 1.82) is 0 Å². The van der Waals surface area contributed by atoms with Crippen molar-refractivity contribution in [2.45, 2.75) is 13.8 Å². The monoisotopic (exact) mass is 195 g/mol. The SMILES string of the molecule is CCOCNc1cc(C)ccc1OC. The molecule has 0 bridgehead atoms. The van der Waals surface area contributed by atoms with Gasteiger partial charge in [0.1, 0.15) is 12.5 Å². The van der Waals surface area contributed by atoms with E-state index in [1.54, 1.807) is 7.11 Å². The fourth-order valence-electron chi connectivity index (χ4n) is 1.19. The van der Waals surface area contributed by atoms with Gasteiger partial charge in [-0.3, -0.25) is 0 Å². The minimum Gasteiger partial charge on any atom is -0.495 e. The first-order valence-electron chi connectivity index (χ1n) is 4.74. The van der Waals surface area contributed by atoms with Gasteiger partial charge in [-0.15, -0.1) is 0 Å². The Morgan fingerprint density at radius 2 is 2.14 bits per heavy atom. The molecule has 0 saturated carbocycles.